The molecule has 94 valence electrons. The highest BCUT2D eigenvalue weighted by Crippen LogP contribution is 2.37. The van der Waals surface area contributed by atoms with Crippen LogP contribution >= 0.6 is 11.3 Å². The summed E-state index contributed by atoms with van der Waals surface area (Å²) in [7, 11) is 0. The van der Waals surface area contributed by atoms with E-state index in [4.69, 9.17) is 5.11 Å². The van der Waals surface area contributed by atoms with Crippen molar-refractivity contribution < 1.29 is 5.11 Å². The molecule has 2 aromatic rings. The fourth-order valence-corrected chi connectivity index (χ4v) is 3.20. The Morgan fingerprint density at radius 3 is 3.17 bits per heavy atom. The van der Waals surface area contributed by atoms with Crippen LogP contribution in [0.25, 0.3) is 10.6 Å². The van der Waals surface area contributed by atoms with Crippen molar-refractivity contribution in [1.82, 2.24) is 15.5 Å². The SMILES string of the molecule is OCCNC1CCc2c(-c3nncs3)cccc21. The molecule has 0 amide bonds. The number of benzene rings is 1. The van der Waals surface area contributed by atoms with Crippen molar-refractivity contribution in [3.8, 4) is 10.6 Å². The zero-order chi connectivity index (χ0) is 12.4. The smallest absolute Gasteiger partial charge is 0.147 e. The third-order valence-corrected chi connectivity index (χ3v) is 4.09. The second-order valence-corrected chi connectivity index (χ2v) is 5.22. The van der Waals surface area contributed by atoms with Crippen molar-refractivity contribution in [2.45, 2.75) is 18.9 Å². The van der Waals surface area contributed by atoms with Crippen molar-refractivity contribution in [2.24, 2.45) is 0 Å². The average Bonchev–Trinajstić information content (AvgIpc) is 3.05. The first kappa shape index (κ1) is 11.8. The molecule has 0 fully saturated rings. The maximum Gasteiger partial charge on any atom is 0.147 e. The molecule has 18 heavy (non-hydrogen) atoms. The molecule has 0 radical (unpaired) electrons. The first-order chi connectivity index (χ1) is 8.90. The summed E-state index contributed by atoms with van der Waals surface area (Å²) in [6.07, 6.45) is 2.15. The second-order valence-electron chi connectivity index (χ2n) is 4.39. The van der Waals surface area contributed by atoms with Crippen LogP contribution in [0.4, 0.5) is 0 Å². The molecule has 5 heteroatoms. The summed E-state index contributed by atoms with van der Waals surface area (Å²) in [4.78, 5) is 0. The van der Waals surface area contributed by atoms with Gasteiger partial charge in [-0.05, 0) is 24.0 Å². The molecule has 1 aromatic carbocycles. The number of nitrogens with one attached hydrogen (secondary N) is 1. The van der Waals surface area contributed by atoms with Gasteiger partial charge in [-0.25, -0.2) is 0 Å². The number of fused-ring (bicyclic) bond motifs is 1. The van der Waals surface area contributed by atoms with E-state index in [0.717, 1.165) is 17.8 Å². The normalized spacial score (nSPS) is 17.9. The average molecular weight is 261 g/mol. The third kappa shape index (κ3) is 2.05. The van der Waals surface area contributed by atoms with E-state index in [1.54, 1.807) is 16.8 Å². The molecule has 1 aromatic heterocycles. The van der Waals surface area contributed by atoms with E-state index >= 15 is 0 Å². The van der Waals surface area contributed by atoms with E-state index in [2.05, 4.69) is 33.7 Å². The minimum Gasteiger partial charge on any atom is -0.395 e. The molecule has 0 saturated heterocycles. The number of aromatic nitrogens is 2. The van der Waals surface area contributed by atoms with Crippen LogP contribution in [-0.4, -0.2) is 28.5 Å². The van der Waals surface area contributed by atoms with Crippen molar-refractivity contribution in [1.29, 1.82) is 0 Å². The lowest BCUT2D eigenvalue weighted by Gasteiger charge is -2.13. The van der Waals surface area contributed by atoms with Crippen molar-refractivity contribution in [2.75, 3.05) is 13.2 Å². The topological polar surface area (TPSA) is 58.0 Å². The van der Waals surface area contributed by atoms with Crippen LogP contribution in [0.2, 0.25) is 0 Å². The van der Waals surface area contributed by atoms with Crippen LogP contribution in [0.15, 0.2) is 23.7 Å². The number of nitrogens with zero attached hydrogens (tertiary/aromatic N) is 2. The summed E-state index contributed by atoms with van der Waals surface area (Å²) in [5.41, 5.74) is 5.70. The van der Waals surface area contributed by atoms with Crippen molar-refractivity contribution in [3.05, 3.63) is 34.8 Å². The lowest BCUT2D eigenvalue weighted by atomic mass is 10.0. The van der Waals surface area contributed by atoms with Crippen LogP contribution in [0.1, 0.15) is 23.6 Å². The van der Waals surface area contributed by atoms with Gasteiger partial charge in [-0.3, -0.25) is 0 Å². The summed E-state index contributed by atoms with van der Waals surface area (Å²) in [6, 6.07) is 6.73. The molecule has 1 unspecified atom stereocenters. The molecule has 1 atom stereocenters. The molecule has 1 aliphatic carbocycles. The highest BCUT2D eigenvalue weighted by Gasteiger charge is 2.24. The number of hydrogen-bond acceptors (Lipinski definition) is 5. The fourth-order valence-electron chi connectivity index (χ4n) is 2.60. The predicted octanol–water partition coefficient (Wildman–Crippen LogP) is 1.77. The van der Waals surface area contributed by atoms with Gasteiger partial charge in [0.25, 0.3) is 0 Å². The van der Waals surface area contributed by atoms with Gasteiger partial charge in [0.15, 0.2) is 0 Å². The van der Waals surface area contributed by atoms with Gasteiger partial charge >= 0.3 is 0 Å². The Morgan fingerprint density at radius 2 is 2.39 bits per heavy atom. The fraction of sp³-hybridized carbons (Fsp3) is 0.385. The van der Waals surface area contributed by atoms with E-state index in [9.17, 15) is 0 Å². The molecule has 0 spiro atoms. The Morgan fingerprint density at radius 1 is 1.44 bits per heavy atom. The third-order valence-electron chi connectivity index (χ3n) is 3.36. The van der Waals surface area contributed by atoms with E-state index in [1.807, 2.05) is 0 Å². The zero-order valence-electron chi connectivity index (χ0n) is 9.97. The van der Waals surface area contributed by atoms with Crippen molar-refractivity contribution in [3.63, 3.8) is 0 Å². The van der Waals surface area contributed by atoms with E-state index < -0.39 is 0 Å². The minimum atomic E-state index is 0.182. The quantitative estimate of drug-likeness (QED) is 0.880. The molecule has 2 N–H and O–H groups in total. The first-order valence-electron chi connectivity index (χ1n) is 6.12. The standard InChI is InChI=1S/C13H15N3OS/c17-7-6-14-12-5-4-9-10(12)2-1-3-11(9)13-16-15-8-18-13/h1-3,8,12,14,17H,4-7H2. The predicted molar refractivity (Wildman–Crippen MR) is 71.5 cm³/mol. The summed E-state index contributed by atoms with van der Waals surface area (Å²) in [5.74, 6) is 0. The Kier molecular flexibility index (Phi) is 3.36. The van der Waals surface area contributed by atoms with Crippen LogP contribution in [-0.2, 0) is 6.42 Å². The lowest BCUT2D eigenvalue weighted by Crippen LogP contribution is -2.22. The van der Waals surface area contributed by atoms with Gasteiger partial charge in [-0.15, -0.1) is 10.2 Å². The van der Waals surface area contributed by atoms with E-state index in [1.165, 1.54) is 16.7 Å². The Balaban J connectivity index is 1.94. The molecule has 1 heterocycles. The number of aliphatic hydroxyl groups is 1. The maximum absolute atomic E-state index is 8.90. The summed E-state index contributed by atoms with van der Waals surface area (Å²) in [6.45, 7) is 0.828. The van der Waals surface area contributed by atoms with E-state index in [-0.39, 0.29) is 6.61 Å². The number of rotatable bonds is 4. The minimum absolute atomic E-state index is 0.182. The van der Waals surface area contributed by atoms with Gasteiger partial charge in [0.2, 0.25) is 0 Å². The molecular weight excluding hydrogens is 246 g/mol. The number of aliphatic hydroxyl groups excluding tert-OH is 1. The van der Waals surface area contributed by atoms with Gasteiger partial charge in [-0.2, -0.15) is 0 Å². The van der Waals surface area contributed by atoms with Crippen LogP contribution in [0.5, 0.6) is 0 Å². The van der Waals surface area contributed by atoms with Gasteiger partial charge in [-0.1, -0.05) is 29.5 Å². The summed E-state index contributed by atoms with van der Waals surface area (Å²) < 4.78 is 0. The Bertz CT molecular complexity index is 527. The molecule has 3 rings (SSSR count). The largest absolute Gasteiger partial charge is 0.395 e. The monoisotopic (exact) mass is 261 g/mol. The molecule has 0 aliphatic heterocycles. The van der Waals surface area contributed by atoms with Gasteiger partial charge in [0.1, 0.15) is 10.5 Å². The zero-order valence-corrected chi connectivity index (χ0v) is 10.8. The molecule has 0 saturated carbocycles. The lowest BCUT2D eigenvalue weighted by molar-refractivity contribution is 0.284. The van der Waals surface area contributed by atoms with Gasteiger partial charge in [0.05, 0.1) is 6.61 Å². The highest BCUT2D eigenvalue weighted by molar-refractivity contribution is 7.12. The first-order valence-corrected chi connectivity index (χ1v) is 7.00. The molecule has 0 bridgehead atoms. The molecular formula is C13H15N3OS. The van der Waals surface area contributed by atoms with E-state index in [0.29, 0.717) is 12.6 Å². The van der Waals surface area contributed by atoms with Crippen molar-refractivity contribution >= 4 is 11.3 Å². The molecule has 1 aliphatic rings. The number of hydrogen-bond donors (Lipinski definition) is 2. The second kappa shape index (κ2) is 5.14. The summed E-state index contributed by atoms with van der Waals surface area (Å²) >= 11 is 1.58. The van der Waals surface area contributed by atoms with Crippen LogP contribution in [0.3, 0.4) is 0 Å². The van der Waals surface area contributed by atoms with Crippen LogP contribution in [0, 0.1) is 0 Å². The Labute approximate surface area is 110 Å². The van der Waals surface area contributed by atoms with Gasteiger partial charge in [0, 0.05) is 18.2 Å². The van der Waals surface area contributed by atoms with Gasteiger partial charge < -0.3 is 10.4 Å². The van der Waals surface area contributed by atoms with Crippen LogP contribution < -0.4 is 5.32 Å². The maximum atomic E-state index is 8.90. The Hall–Kier alpha value is -1.30. The molecule has 4 nitrogen and oxygen atoms in total. The highest BCUT2D eigenvalue weighted by atomic mass is 32.1. The summed E-state index contributed by atoms with van der Waals surface area (Å²) in [5, 5.41) is 21.3.